The van der Waals surface area contributed by atoms with Crippen molar-refractivity contribution in [3.8, 4) is 23.8 Å². The molecule has 0 amide bonds. The standard InChI is InChI=1S/C19H21NO3/c1-2-3-13-22-18-8-4-16(5-9-18)15-20-17-6-10-19(11-7-17)23-14-12-21/h1,4-11,20-21H,3,12-15H2. The Balaban J connectivity index is 1.80. The van der Waals surface area contributed by atoms with Gasteiger partial charge in [0.05, 0.1) is 13.2 Å². The molecule has 0 heterocycles. The summed E-state index contributed by atoms with van der Waals surface area (Å²) in [5.41, 5.74) is 2.17. The fourth-order valence-corrected chi connectivity index (χ4v) is 1.97. The lowest BCUT2D eigenvalue weighted by atomic mass is 10.2. The van der Waals surface area contributed by atoms with Crippen LogP contribution in [0.25, 0.3) is 0 Å². The van der Waals surface area contributed by atoms with E-state index < -0.39 is 0 Å². The van der Waals surface area contributed by atoms with Crippen molar-refractivity contribution in [2.75, 3.05) is 25.1 Å². The number of aliphatic hydroxyl groups excluding tert-OH is 1. The molecule has 0 unspecified atom stereocenters. The third-order valence-corrected chi connectivity index (χ3v) is 3.15. The largest absolute Gasteiger partial charge is 0.493 e. The van der Waals surface area contributed by atoms with Crippen LogP contribution in [0.1, 0.15) is 12.0 Å². The molecule has 120 valence electrons. The maximum atomic E-state index is 8.72. The first-order valence-corrected chi connectivity index (χ1v) is 7.54. The second kappa shape index (κ2) is 9.39. The molecule has 0 aromatic heterocycles. The monoisotopic (exact) mass is 311 g/mol. The highest BCUT2D eigenvalue weighted by Gasteiger charge is 1.98. The van der Waals surface area contributed by atoms with Crippen LogP contribution in [-0.2, 0) is 6.54 Å². The van der Waals surface area contributed by atoms with Crippen LogP contribution in [0.2, 0.25) is 0 Å². The van der Waals surface area contributed by atoms with Crippen molar-refractivity contribution >= 4 is 5.69 Å². The fourth-order valence-electron chi connectivity index (χ4n) is 1.97. The van der Waals surface area contributed by atoms with Crippen LogP contribution in [0.4, 0.5) is 5.69 Å². The first kappa shape index (κ1) is 16.7. The molecule has 2 aromatic rings. The van der Waals surface area contributed by atoms with E-state index >= 15 is 0 Å². The lowest BCUT2D eigenvalue weighted by Crippen LogP contribution is -2.02. The molecule has 0 spiro atoms. The molecular weight excluding hydrogens is 290 g/mol. The Morgan fingerprint density at radius 3 is 2.13 bits per heavy atom. The van der Waals surface area contributed by atoms with E-state index in [0.29, 0.717) is 19.6 Å². The summed E-state index contributed by atoms with van der Waals surface area (Å²) >= 11 is 0. The van der Waals surface area contributed by atoms with Crippen molar-refractivity contribution in [3.63, 3.8) is 0 Å². The Hall–Kier alpha value is -2.64. The molecular formula is C19H21NO3. The van der Waals surface area contributed by atoms with Crippen LogP contribution in [0.5, 0.6) is 11.5 Å². The van der Waals surface area contributed by atoms with Crippen molar-refractivity contribution in [3.05, 3.63) is 54.1 Å². The maximum absolute atomic E-state index is 8.72. The summed E-state index contributed by atoms with van der Waals surface area (Å²) in [6.07, 6.45) is 5.80. The third-order valence-electron chi connectivity index (χ3n) is 3.15. The minimum Gasteiger partial charge on any atom is -0.493 e. The highest BCUT2D eigenvalue weighted by Crippen LogP contribution is 2.17. The highest BCUT2D eigenvalue weighted by atomic mass is 16.5. The highest BCUT2D eigenvalue weighted by molar-refractivity contribution is 5.47. The Labute approximate surface area is 137 Å². The van der Waals surface area contributed by atoms with Gasteiger partial charge in [-0.1, -0.05) is 12.1 Å². The van der Waals surface area contributed by atoms with E-state index in [1.807, 2.05) is 48.5 Å². The number of rotatable bonds is 9. The van der Waals surface area contributed by atoms with Gasteiger partial charge in [-0.25, -0.2) is 0 Å². The van der Waals surface area contributed by atoms with Gasteiger partial charge in [0.2, 0.25) is 0 Å². The number of nitrogens with one attached hydrogen (secondary N) is 1. The van der Waals surface area contributed by atoms with Gasteiger partial charge in [0.15, 0.2) is 0 Å². The van der Waals surface area contributed by atoms with Gasteiger partial charge in [0, 0.05) is 18.7 Å². The zero-order chi connectivity index (χ0) is 16.3. The van der Waals surface area contributed by atoms with E-state index in [0.717, 1.165) is 29.3 Å². The fraction of sp³-hybridized carbons (Fsp3) is 0.263. The Kier molecular flexibility index (Phi) is 6.83. The molecule has 0 bridgehead atoms. The SMILES string of the molecule is C#CCCOc1ccc(CNc2ccc(OCCO)cc2)cc1. The van der Waals surface area contributed by atoms with E-state index in [4.69, 9.17) is 21.0 Å². The molecule has 0 saturated carbocycles. The molecule has 4 heteroatoms. The summed E-state index contributed by atoms with van der Waals surface area (Å²) in [7, 11) is 0. The summed E-state index contributed by atoms with van der Waals surface area (Å²) in [4.78, 5) is 0. The van der Waals surface area contributed by atoms with Crippen LogP contribution in [0.15, 0.2) is 48.5 Å². The molecule has 0 aliphatic rings. The molecule has 2 aromatic carbocycles. The van der Waals surface area contributed by atoms with Crippen molar-refractivity contribution in [2.24, 2.45) is 0 Å². The van der Waals surface area contributed by atoms with Crippen LogP contribution in [-0.4, -0.2) is 24.9 Å². The van der Waals surface area contributed by atoms with Crippen molar-refractivity contribution in [1.82, 2.24) is 0 Å². The quantitative estimate of drug-likeness (QED) is 0.552. The van der Waals surface area contributed by atoms with Gasteiger partial charge in [0.1, 0.15) is 18.1 Å². The van der Waals surface area contributed by atoms with Gasteiger partial charge in [-0.15, -0.1) is 12.3 Å². The van der Waals surface area contributed by atoms with Crippen LogP contribution < -0.4 is 14.8 Å². The van der Waals surface area contributed by atoms with Gasteiger partial charge < -0.3 is 19.9 Å². The topological polar surface area (TPSA) is 50.7 Å². The predicted octanol–water partition coefficient (Wildman–Crippen LogP) is 3.07. The first-order valence-electron chi connectivity index (χ1n) is 7.54. The van der Waals surface area contributed by atoms with E-state index in [2.05, 4.69) is 11.2 Å². The van der Waals surface area contributed by atoms with Crippen LogP contribution in [0.3, 0.4) is 0 Å². The number of benzene rings is 2. The molecule has 2 rings (SSSR count). The number of ether oxygens (including phenoxy) is 2. The van der Waals surface area contributed by atoms with Crippen LogP contribution >= 0.6 is 0 Å². The summed E-state index contributed by atoms with van der Waals surface area (Å²) in [6.45, 7) is 1.59. The number of terminal acetylenes is 1. The summed E-state index contributed by atoms with van der Waals surface area (Å²) < 4.78 is 10.8. The van der Waals surface area contributed by atoms with E-state index in [1.54, 1.807) is 0 Å². The van der Waals surface area contributed by atoms with Gasteiger partial charge in [-0.3, -0.25) is 0 Å². The number of aliphatic hydroxyl groups is 1. The van der Waals surface area contributed by atoms with Crippen molar-refractivity contribution < 1.29 is 14.6 Å². The molecule has 0 atom stereocenters. The Bertz CT molecular complexity index is 615. The van der Waals surface area contributed by atoms with Crippen molar-refractivity contribution in [1.29, 1.82) is 0 Å². The molecule has 0 fully saturated rings. The smallest absolute Gasteiger partial charge is 0.119 e. The predicted molar refractivity (Wildman–Crippen MR) is 91.7 cm³/mol. The zero-order valence-corrected chi connectivity index (χ0v) is 13.0. The average Bonchev–Trinajstić information content (AvgIpc) is 2.60. The van der Waals surface area contributed by atoms with Crippen LogP contribution in [0, 0.1) is 12.3 Å². The lowest BCUT2D eigenvalue weighted by molar-refractivity contribution is 0.201. The normalized spacial score (nSPS) is 9.91. The summed E-state index contributed by atoms with van der Waals surface area (Å²) in [5.74, 6) is 4.12. The number of hydrogen-bond donors (Lipinski definition) is 2. The number of anilines is 1. The molecule has 0 radical (unpaired) electrons. The Morgan fingerprint density at radius 2 is 1.52 bits per heavy atom. The van der Waals surface area contributed by atoms with Gasteiger partial charge >= 0.3 is 0 Å². The minimum atomic E-state index is 0.0163. The first-order chi connectivity index (χ1) is 11.3. The minimum absolute atomic E-state index is 0.0163. The lowest BCUT2D eigenvalue weighted by Gasteiger charge is -2.09. The molecule has 4 nitrogen and oxygen atoms in total. The Morgan fingerprint density at radius 1 is 0.913 bits per heavy atom. The van der Waals surface area contributed by atoms with E-state index in [9.17, 15) is 0 Å². The van der Waals surface area contributed by atoms with Gasteiger partial charge in [0.25, 0.3) is 0 Å². The molecule has 0 saturated heterocycles. The maximum Gasteiger partial charge on any atom is 0.119 e. The van der Waals surface area contributed by atoms with Gasteiger partial charge in [-0.05, 0) is 42.0 Å². The third kappa shape index (κ3) is 5.93. The van der Waals surface area contributed by atoms with Crippen molar-refractivity contribution in [2.45, 2.75) is 13.0 Å². The average molecular weight is 311 g/mol. The number of hydrogen-bond acceptors (Lipinski definition) is 4. The molecule has 23 heavy (non-hydrogen) atoms. The summed E-state index contributed by atoms with van der Waals surface area (Å²) in [6, 6.07) is 15.6. The molecule has 0 aliphatic heterocycles. The summed E-state index contributed by atoms with van der Waals surface area (Å²) in [5, 5.41) is 12.1. The molecule has 2 N–H and O–H groups in total. The zero-order valence-electron chi connectivity index (χ0n) is 13.0. The van der Waals surface area contributed by atoms with E-state index in [1.165, 1.54) is 0 Å². The molecule has 0 aliphatic carbocycles. The second-order valence-corrected chi connectivity index (χ2v) is 4.90. The second-order valence-electron chi connectivity index (χ2n) is 4.90. The van der Waals surface area contributed by atoms with Gasteiger partial charge in [-0.2, -0.15) is 0 Å². The van der Waals surface area contributed by atoms with E-state index in [-0.39, 0.29) is 6.61 Å².